The van der Waals surface area contributed by atoms with Gasteiger partial charge in [0, 0.05) is 11.0 Å². The van der Waals surface area contributed by atoms with Crippen molar-refractivity contribution in [3.05, 3.63) is 28.2 Å². The molecule has 0 atom stereocenters. The Hall–Kier alpha value is -0.830. The third kappa shape index (κ3) is 2.39. The molecule has 0 amide bonds. The number of benzene rings is 1. The predicted octanol–water partition coefficient (Wildman–Crippen LogP) is 4.22. The first-order valence-electron chi connectivity index (χ1n) is 5.95. The van der Waals surface area contributed by atoms with Crippen molar-refractivity contribution >= 4 is 21.7 Å². The van der Waals surface area contributed by atoms with Crippen molar-refractivity contribution in [3.8, 4) is 5.75 Å². The van der Waals surface area contributed by atoms with E-state index >= 15 is 0 Å². The van der Waals surface area contributed by atoms with E-state index in [0.717, 1.165) is 28.6 Å². The zero-order valence-electron chi connectivity index (χ0n) is 10.3. The Balaban J connectivity index is 2.28. The van der Waals surface area contributed by atoms with Crippen LogP contribution in [0.25, 0.3) is 0 Å². The number of hydrogen-bond acceptors (Lipinski definition) is 2. The smallest absolute Gasteiger partial charge is 0.168 e. The third-order valence-electron chi connectivity index (χ3n) is 3.67. The summed E-state index contributed by atoms with van der Waals surface area (Å²) in [5, 5.41) is 0. The van der Waals surface area contributed by atoms with Gasteiger partial charge >= 0.3 is 0 Å². The second-order valence-electron chi connectivity index (χ2n) is 4.95. The van der Waals surface area contributed by atoms with Gasteiger partial charge in [-0.15, -0.1) is 0 Å². The monoisotopic (exact) mass is 296 g/mol. The fraction of sp³-hybridized carbons (Fsp3) is 0.500. The highest BCUT2D eigenvalue weighted by Crippen LogP contribution is 2.41. The molecule has 17 heavy (non-hydrogen) atoms. The number of halogens is 1. The summed E-state index contributed by atoms with van der Waals surface area (Å²) in [6.45, 7) is 2.08. The summed E-state index contributed by atoms with van der Waals surface area (Å²) in [6, 6.07) is 5.57. The second-order valence-corrected chi connectivity index (χ2v) is 5.80. The van der Waals surface area contributed by atoms with Gasteiger partial charge < -0.3 is 4.74 Å². The Morgan fingerprint density at radius 3 is 2.53 bits per heavy atom. The lowest BCUT2D eigenvalue weighted by Crippen LogP contribution is -2.24. The zero-order chi connectivity index (χ0) is 12.5. The van der Waals surface area contributed by atoms with E-state index in [2.05, 4.69) is 22.9 Å². The van der Waals surface area contributed by atoms with E-state index in [1.165, 1.54) is 12.8 Å². The topological polar surface area (TPSA) is 26.3 Å². The van der Waals surface area contributed by atoms with Crippen LogP contribution in [-0.2, 0) is 0 Å². The van der Waals surface area contributed by atoms with Gasteiger partial charge in [-0.1, -0.05) is 19.8 Å². The van der Waals surface area contributed by atoms with Crippen LogP contribution in [-0.4, -0.2) is 12.9 Å². The van der Waals surface area contributed by atoms with Crippen LogP contribution >= 0.6 is 15.9 Å². The SMILES string of the molecule is COc1ccc(C(=O)C2(C)CCCC2)cc1Br. The summed E-state index contributed by atoms with van der Waals surface area (Å²) in [4.78, 5) is 12.5. The molecule has 1 saturated carbocycles. The third-order valence-corrected chi connectivity index (χ3v) is 4.29. The van der Waals surface area contributed by atoms with Crippen LogP contribution in [0.4, 0.5) is 0 Å². The molecule has 0 N–H and O–H groups in total. The van der Waals surface area contributed by atoms with Gasteiger partial charge in [0.25, 0.3) is 0 Å². The van der Waals surface area contributed by atoms with Crippen LogP contribution in [0.15, 0.2) is 22.7 Å². The van der Waals surface area contributed by atoms with Crippen molar-refractivity contribution in [1.29, 1.82) is 0 Å². The molecule has 0 saturated heterocycles. The minimum atomic E-state index is -0.159. The van der Waals surface area contributed by atoms with Crippen molar-refractivity contribution in [2.24, 2.45) is 5.41 Å². The number of carbonyl (C=O) groups excluding carboxylic acids is 1. The van der Waals surface area contributed by atoms with Gasteiger partial charge in [-0.05, 0) is 47.0 Å². The van der Waals surface area contributed by atoms with Crippen molar-refractivity contribution in [1.82, 2.24) is 0 Å². The standard InChI is InChI=1S/C14H17BrO2/c1-14(7-3-4-8-14)13(16)10-5-6-12(17-2)11(15)9-10/h5-6,9H,3-4,7-8H2,1-2H3. The molecule has 2 nitrogen and oxygen atoms in total. The summed E-state index contributed by atoms with van der Waals surface area (Å²) in [6.07, 6.45) is 4.35. The Labute approximate surface area is 110 Å². The Morgan fingerprint density at radius 2 is 2.00 bits per heavy atom. The van der Waals surface area contributed by atoms with Crippen LogP contribution in [0.2, 0.25) is 0 Å². The lowest BCUT2D eigenvalue weighted by atomic mass is 9.81. The van der Waals surface area contributed by atoms with Crippen molar-refractivity contribution < 1.29 is 9.53 Å². The summed E-state index contributed by atoms with van der Waals surface area (Å²) < 4.78 is 6.01. The van der Waals surface area contributed by atoms with E-state index in [0.29, 0.717) is 0 Å². The molecule has 1 fully saturated rings. The Morgan fingerprint density at radius 1 is 1.35 bits per heavy atom. The molecule has 92 valence electrons. The summed E-state index contributed by atoms with van der Waals surface area (Å²) in [5.74, 6) is 1.02. The largest absolute Gasteiger partial charge is 0.496 e. The molecule has 1 aromatic carbocycles. The van der Waals surface area contributed by atoms with Gasteiger partial charge in [0.1, 0.15) is 5.75 Å². The first kappa shape index (κ1) is 12.6. The number of methoxy groups -OCH3 is 1. The first-order chi connectivity index (χ1) is 8.07. The molecular weight excluding hydrogens is 280 g/mol. The summed E-state index contributed by atoms with van der Waals surface area (Å²) in [7, 11) is 1.62. The Kier molecular flexibility index (Phi) is 3.57. The van der Waals surface area contributed by atoms with E-state index in [4.69, 9.17) is 4.74 Å². The van der Waals surface area contributed by atoms with Crippen LogP contribution in [0, 0.1) is 5.41 Å². The summed E-state index contributed by atoms with van der Waals surface area (Å²) in [5.41, 5.74) is 0.621. The number of ether oxygens (including phenoxy) is 1. The van der Waals surface area contributed by atoms with Crippen LogP contribution in [0.3, 0.4) is 0 Å². The van der Waals surface area contributed by atoms with Gasteiger partial charge in [0.05, 0.1) is 11.6 Å². The van der Waals surface area contributed by atoms with Crippen LogP contribution in [0.1, 0.15) is 43.0 Å². The first-order valence-corrected chi connectivity index (χ1v) is 6.74. The van der Waals surface area contributed by atoms with E-state index in [9.17, 15) is 4.79 Å². The molecule has 1 aromatic rings. The molecule has 0 aliphatic heterocycles. The zero-order valence-corrected chi connectivity index (χ0v) is 11.8. The van der Waals surface area contributed by atoms with Crippen molar-refractivity contribution in [3.63, 3.8) is 0 Å². The number of ketones is 1. The Bertz CT molecular complexity index is 434. The van der Waals surface area contributed by atoms with Gasteiger partial charge in [0.15, 0.2) is 5.78 Å². The second kappa shape index (κ2) is 4.81. The molecule has 0 bridgehead atoms. The predicted molar refractivity (Wildman–Crippen MR) is 71.6 cm³/mol. The van der Waals surface area contributed by atoms with Crippen molar-refractivity contribution in [2.45, 2.75) is 32.6 Å². The lowest BCUT2D eigenvalue weighted by Gasteiger charge is -2.21. The van der Waals surface area contributed by atoms with E-state index in [-0.39, 0.29) is 11.2 Å². The molecule has 0 radical (unpaired) electrons. The fourth-order valence-electron chi connectivity index (χ4n) is 2.54. The molecule has 2 rings (SSSR count). The highest BCUT2D eigenvalue weighted by atomic mass is 79.9. The average Bonchev–Trinajstić information content (AvgIpc) is 2.76. The average molecular weight is 297 g/mol. The van der Waals surface area contributed by atoms with Crippen molar-refractivity contribution in [2.75, 3.05) is 7.11 Å². The molecule has 0 spiro atoms. The van der Waals surface area contributed by atoms with E-state index in [1.54, 1.807) is 7.11 Å². The molecule has 1 aliphatic carbocycles. The molecule has 0 aromatic heterocycles. The van der Waals surface area contributed by atoms with Crippen LogP contribution in [0.5, 0.6) is 5.75 Å². The fourth-order valence-corrected chi connectivity index (χ4v) is 3.08. The minimum absolute atomic E-state index is 0.159. The lowest BCUT2D eigenvalue weighted by molar-refractivity contribution is 0.0823. The maximum absolute atomic E-state index is 12.5. The quantitative estimate of drug-likeness (QED) is 0.781. The van der Waals surface area contributed by atoms with Gasteiger partial charge in [-0.25, -0.2) is 0 Å². The number of rotatable bonds is 3. The number of Topliss-reactive ketones (excluding diaryl/α,β-unsaturated/α-hetero) is 1. The van der Waals surface area contributed by atoms with E-state index < -0.39 is 0 Å². The molecule has 1 aliphatic rings. The van der Waals surface area contributed by atoms with Gasteiger partial charge in [-0.3, -0.25) is 4.79 Å². The molecule has 3 heteroatoms. The molecule has 0 heterocycles. The number of hydrogen-bond donors (Lipinski definition) is 0. The highest BCUT2D eigenvalue weighted by Gasteiger charge is 2.36. The van der Waals surface area contributed by atoms with Crippen LogP contribution < -0.4 is 4.74 Å². The normalized spacial score (nSPS) is 18.1. The molecule has 0 unspecified atom stereocenters. The maximum Gasteiger partial charge on any atom is 0.168 e. The van der Waals surface area contributed by atoms with Gasteiger partial charge in [0.2, 0.25) is 0 Å². The minimum Gasteiger partial charge on any atom is -0.496 e. The number of carbonyl (C=O) groups is 1. The molecular formula is C14H17BrO2. The van der Waals surface area contributed by atoms with E-state index in [1.807, 2.05) is 18.2 Å². The summed E-state index contributed by atoms with van der Waals surface area (Å²) >= 11 is 3.42. The van der Waals surface area contributed by atoms with Gasteiger partial charge in [-0.2, -0.15) is 0 Å². The highest BCUT2D eigenvalue weighted by molar-refractivity contribution is 9.10. The maximum atomic E-state index is 12.5.